The Hall–Kier alpha value is -2.81. The van der Waals surface area contributed by atoms with Gasteiger partial charge in [-0.3, -0.25) is 4.68 Å². The minimum Gasteiger partial charge on any atom is -0.421 e. The Morgan fingerprint density at radius 3 is 2.74 bits per heavy atom. The van der Waals surface area contributed by atoms with Gasteiger partial charge in [0.2, 0.25) is 0 Å². The van der Waals surface area contributed by atoms with E-state index in [1.165, 1.54) is 11.7 Å². The number of rotatable bonds is 2. The first-order valence-corrected chi connectivity index (χ1v) is 5.55. The summed E-state index contributed by atoms with van der Waals surface area (Å²) in [6.07, 6.45) is 0. The molecule has 0 saturated heterocycles. The SMILES string of the molecule is Cc1ccccc1OC(=O)c1c(N)c(C#N)nn1C. The van der Waals surface area contributed by atoms with E-state index in [0.717, 1.165) is 5.56 Å². The van der Waals surface area contributed by atoms with Gasteiger partial charge in [0.15, 0.2) is 11.4 Å². The smallest absolute Gasteiger partial charge is 0.364 e. The molecule has 1 aromatic carbocycles. The number of para-hydroxylation sites is 1. The standard InChI is InChI=1S/C13H12N4O2/c1-8-5-3-4-6-10(8)19-13(18)12-11(15)9(7-14)16-17(12)2/h3-6H,15H2,1-2H3. The van der Waals surface area contributed by atoms with Crippen molar-refractivity contribution < 1.29 is 9.53 Å². The summed E-state index contributed by atoms with van der Waals surface area (Å²) in [4.78, 5) is 12.1. The van der Waals surface area contributed by atoms with Gasteiger partial charge in [0.1, 0.15) is 17.5 Å². The molecule has 1 heterocycles. The number of nitriles is 1. The molecule has 0 spiro atoms. The van der Waals surface area contributed by atoms with E-state index in [4.69, 9.17) is 15.7 Å². The molecular weight excluding hydrogens is 244 g/mol. The number of ether oxygens (including phenoxy) is 1. The average Bonchev–Trinajstić information content (AvgIpc) is 2.67. The molecule has 96 valence electrons. The summed E-state index contributed by atoms with van der Waals surface area (Å²) < 4.78 is 6.51. The molecule has 0 amide bonds. The molecule has 0 atom stereocenters. The van der Waals surface area contributed by atoms with Crippen molar-refractivity contribution in [3.05, 3.63) is 41.2 Å². The summed E-state index contributed by atoms with van der Waals surface area (Å²) in [5.74, 6) is -0.185. The zero-order valence-corrected chi connectivity index (χ0v) is 10.5. The van der Waals surface area contributed by atoms with Crippen LogP contribution in [-0.2, 0) is 7.05 Å². The lowest BCUT2D eigenvalue weighted by Crippen LogP contribution is -2.15. The highest BCUT2D eigenvalue weighted by Gasteiger charge is 2.22. The first kappa shape index (κ1) is 12.6. The van der Waals surface area contributed by atoms with E-state index >= 15 is 0 Å². The number of aromatic nitrogens is 2. The predicted molar refractivity (Wildman–Crippen MR) is 68.5 cm³/mol. The fraction of sp³-hybridized carbons (Fsp3) is 0.154. The second-order valence-electron chi connectivity index (χ2n) is 4.00. The third-order valence-corrected chi connectivity index (χ3v) is 2.68. The Morgan fingerprint density at radius 2 is 2.16 bits per heavy atom. The Morgan fingerprint density at radius 1 is 1.47 bits per heavy atom. The summed E-state index contributed by atoms with van der Waals surface area (Å²) in [5.41, 5.74) is 6.64. The Balaban J connectivity index is 2.34. The van der Waals surface area contributed by atoms with Crippen LogP contribution in [0.25, 0.3) is 0 Å². The van der Waals surface area contributed by atoms with Crippen LogP contribution in [0.3, 0.4) is 0 Å². The zero-order chi connectivity index (χ0) is 14.0. The highest BCUT2D eigenvalue weighted by molar-refractivity contribution is 5.95. The molecule has 2 rings (SSSR count). The van der Waals surface area contributed by atoms with E-state index in [0.29, 0.717) is 5.75 Å². The van der Waals surface area contributed by atoms with Gasteiger partial charge in [-0.05, 0) is 18.6 Å². The third kappa shape index (κ3) is 2.26. The van der Waals surface area contributed by atoms with Crippen LogP contribution in [0, 0.1) is 18.3 Å². The van der Waals surface area contributed by atoms with Gasteiger partial charge in [-0.25, -0.2) is 4.79 Å². The minimum absolute atomic E-state index is 0.0132. The maximum atomic E-state index is 12.1. The highest BCUT2D eigenvalue weighted by Crippen LogP contribution is 2.21. The summed E-state index contributed by atoms with van der Waals surface area (Å²) in [6.45, 7) is 1.83. The maximum Gasteiger partial charge on any atom is 0.364 e. The van der Waals surface area contributed by atoms with Crippen LogP contribution in [0.1, 0.15) is 21.7 Å². The molecule has 0 aliphatic carbocycles. The number of anilines is 1. The lowest BCUT2D eigenvalue weighted by Gasteiger charge is -2.07. The number of aryl methyl sites for hydroxylation is 2. The molecule has 0 radical (unpaired) electrons. The summed E-state index contributed by atoms with van der Waals surface area (Å²) in [5, 5.41) is 12.7. The lowest BCUT2D eigenvalue weighted by molar-refractivity contribution is 0.0723. The van der Waals surface area contributed by atoms with Gasteiger partial charge in [0.05, 0.1) is 0 Å². The molecule has 6 nitrogen and oxygen atoms in total. The fourth-order valence-electron chi connectivity index (χ4n) is 1.68. The Labute approximate surface area is 110 Å². The molecular formula is C13H12N4O2. The zero-order valence-electron chi connectivity index (χ0n) is 10.5. The molecule has 2 N–H and O–H groups in total. The lowest BCUT2D eigenvalue weighted by atomic mass is 10.2. The molecule has 2 aromatic rings. The number of nitrogen functional groups attached to an aromatic ring is 1. The first-order valence-electron chi connectivity index (χ1n) is 5.55. The molecule has 6 heteroatoms. The number of benzene rings is 1. The summed E-state index contributed by atoms with van der Waals surface area (Å²) >= 11 is 0. The van der Waals surface area contributed by atoms with Crippen molar-refractivity contribution in [3.8, 4) is 11.8 Å². The quantitative estimate of drug-likeness (QED) is 0.647. The molecule has 19 heavy (non-hydrogen) atoms. The second-order valence-corrected chi connectivity index (χ2v) is 4.00. The van der Waals surface area contributed by atoms with E-state index in [1.54, 1.807) is 12.1 Å². The Kier molecular flexibility index (Phi) is 3.21. The van der Waals surface area contributed by atoms with Crippen molar-refractivity contribution in [2.75, 3.05) is 5.73 Å². The van der Waals surface area contributed by atoms with Crippen LogP contribution < -0.4 is 10.5 Å². The first-order chi connectivity index (χ1) is 9.04. The van der Waals surface area contributed by atoms with Crippen molar-refractivity contribution in [3.63, 3.8) is 0 Å². The van der Waals surface area contributed by atoms with E-state index in [1.807, 2.05) is 25.1 Å². The van der Waals surface area contributed by atoms with Gasteiger partial charge in [0.25, 0.3) is 0 Å². The largest absolute Gasteiger partial charge is 0.421 e. The molecule has 1 aromatic heterocycles. The monoisotopic (exact) mass is 256 g/mol. The molecule has 0 aliphatic heterocycles. The number of carbonyl (C=O) groups excluding carboxylic acids is 1. The third-order valence-electron chi connectivity index (χ3n) is 2.68. The van der Waals surface area contributed by atoms with Crippen molar-refractivity contribution in [1.29, 1.82) is 5.26 Å². The van der Waals surface area contributed by atoms with E-state index in [9.17, 15) is 4.79 Å². The van der Waals surface area contributed by atoms with Crippen molar-refractivity contribution in [2.24, 2.45) is 7.05 Å². The average molecular weight is 256 g/mol. The number of nitrogens with zero attached hydrogens (tertiary/aromatic N) is 3. The van der Waals surface area contributed by atoms with Gasteiger partial charge in [-0.2, -0.15) is 10.4 Å². The van der Waals surface area contributed by atoms with Crippen LogP contribution in [0.5, 0.6) is 5.75 Å². The number of hydrogen-bond donors (Lipinski definition) is 1. The van der Waals surface area contributed by atoms with Crippen LogP contribution in [0.2, 0.25) is 0 Å². The van der Waals surface area contributed by atoms with Gasteiger partial charge in [-0.1, -0.05) is 18.2 Å². The van der Waals surface area contributed by atoms with Crippen molar-refractivity contribution >= 4 is 11.7 Å². The minimum atomic E-state index is -0.636. The van der Waals surface area contributed by atoms with Crippen LogP contribution in [0.4, 0.5) is 5.69 Å². The van der Waals surface area contributed by atoms with Gasteiger partial charge < -0.3 is 10.5 Å². The topological polar surface area (TPSA) is 93.9 Å². The Bertz CT molecular complexity index is 682. The molecule has 0 saturated carbocycles. The van der Waals surface area contributed by atoms with Crippen LogP contribution >= 0.6 is 0 Å². The highest BCUT2D eigenvalue weighted by atomic mass is 16.5. The molecule has 0 fully saturated rings. The van der Waals surface area contributed by atoms with Crippen LogP contribution in [0.15, 0.2) is 24.3 Å². The molecule has 0 unspecified atom stereocenters. The van der Waals surface area contributed by atoms with E-state index < -0.39 is 5.97 Å². The van der Waals surface area contributed by atoms with E-state index in [2.05, 4.69) is 5.10 Å². The van der Waals surface area contributed by atoms with Crippen LogP contribution in [-0.4, -0.2) is 15.7 Å². The van der Waals surface area contributed by atoms with Crippen molar-refractivity contribution in [1.82, 2.24) is 9.78 Å². The van der Waals surface area contributed by atoms with Crippen molar-refractivity contribution in [2.45, 2.75) is 6.92 Å². The summed E-state index contributed by atoms with van der Waals surface area (Å²) in [7, 11) is 1.53. The fourth-order valence-corrected chi connectivity index (χ4v) is 1.68. The number of nitrogens with two attached hydrogens (primary N) is 1. The number of hydrogen-bond acceptors (Lipinski definition) is 5. The van der Waals surface area contributed by atoms with Gasteiger partial charge >= 0.3 is 5.97 Å². The maximum absolute atomic E-state index is 12.1. The molecule has 0 bridgehead atoms. The normalized spacial score (nSPS) is 9.95. The predicted octanol–water partition coefficient (Wildman–Crippen LogP) is 1.40. The molecule has 0 aliphatic rings. The van der Waals surface area contributed by atoms with E-state index in [-0.39, 0.29) is 17.1 Å². The van der Waals surface area contributed by atoms with Gasteiger partial charge in [-0.15, -0.1) is 0 Å². The second kappa shape index (κ2) is 4.82. The number of esters is 1. The summed E-state index contributed by atoms with van der Waals surface area (Å²) in [6, 6.07) is 8.95. The van der Waals surface area contributed by atoms with Gasteiger partial charge in [0, 0.05) is 7.05 Å². The number of carbonyl (C=O) groups is 1.